The Morgan fingerprint density at radius 3 is 2.81 bits per heavy atom. The largest absolute Gasteiger partial charge is 0.494 e. The van der Waals surface area contributed by atoms with Gasteiger partial charge < -0.3 is 14.7 Å². The lowest BCUT2D eigenvalue weighted by Crippen LogP contribution is -2.23. The Morgan fingerprint density at radius 2 is 2.04 bits per heavy atom. The van der Waals surface area contributed by atoms with Crippen LogP contribution in [0.4, 0.5) is 0 Å². The Morgan fingerprint density at radius 1 is 1.19 bits per heavy atom. The molecule has 1 aliphatic heterocycles. The average molecular weight is 403 g/mol. The summed E-state index contributed by atoms with van der Waals surface area (Å²) in [5.74, 6) is 0.894. The van der Waals surface area contributed by atoms with Gasteiger partial charge in [-0.3, -0.25) is 0 Å². The third-order valence-electron chi connectivity index (χ3n) is 4.95. The van der Waals surface area contributed by atoms with Gasteiger partial charge in [-0.25, -0.2) is 0 Å². The molecule has 1 saturated heterocycles. The number of β-amino-alcohol motifs (C(OH)–C–C–N with tert-alkyl or cyclic N) is 1. The van der Waals surface area contributed by atoms with Crippen molar-refractivity contribution < 1.29 is 9.84 Å². The molecule has 0 radical (unpaired) electrons. The van der Waals surface area contributed by atoms with Crippen molar-refractivity contribution in [3.63, 3.8) is 0 Å². The molecule has 1 atom stereocenters. The van der Waals surface area contributed by atoms with E-state index in [1.807, 2.05) is 30.3 Å². The summed E-state index contributed by atoms with van der Waals surface area (Å²) in [6.07, 6.45) is 2.88. The van der Waals surface area contributed by atoms with Crippen LogP contribution in [0.1, 0.15) is 19.3 Å². The van der Waals surface area contributed by atoms with E-state index in [4.69, 9.17) is 16.3 Å². The molecule has 1 aromatic heterocycles. The highest BCUT2D eigenvalue weighted by atomic mass is 35.5. The van der Waals surface area contributed by atoms with Gasteiger partial charge in [0.15, 0.2) is 0 Å². The molecule has 6 heteroatoms. The topological polar surface area (TPSA) is 45.6 Å². The summed E-state index contributed by atoms with van der Waals surface area (Å²) >= 11 is 7.47. The lowest BCUT2D eigenvalue weighted by molar-refractivity contribution is 0.175. The second-order valence-electron chi connectivity index (χ2n) is 6.99. The Labute approximate surface area is 168 Å². The number of unbranched alkanes of at least 4 members (excludes halogenated alkanes) is 1. The SMILES string of the molecule is O[C@@H]1CCN(CCCCOc2ccc3c(-c4ccc(Cl)cc4)nsc3c2)C1. The Kier molecular flexibility index (Phi) is 5.93. The van der Waals surface area contributed by atoms with E-state index in [1.165, 1.54) is 11.5 Å². The zero-order valence-electron chi connectivity index (χ0n) is 15.1. The maximum absolute atomic E-state index is 9.55. The maximum atomic E-state index is 9.55. The zero-order valence-corrected chi connectivity index (χ0v) is 16.7. The number of aromatic nitrogens is 1. The Hall–Kier alpha value is -1.66. The predicted molar refractivity (Wildman–Crippen MR) is 112 cm³/mol. The van der Waals surface area contributed by atoms with Gasteiger partial charge in [-0.05, 0) is 67.7 Å². The number of fused-ring (bicyclic) bond motifs is 1. The van der Waals surface area contributed by atoms with E-state index in [-0.39, 0.29) is 6.10 Å². The van der Waals surface area contributed by atoms with Gasteiger partial charge in [0, 0.05) is 29.1 Å². The minimum Gasteiger partial charge on any atom is -0.494 e. The van der Waals surface area contributed by atoms with Gasteiger partial charge in [-0.15, -0.1) is 0 Å². The molecule has 3 aromatic rings. The number of hydrogen-bond donors (Lipinski definition) is 1. The molecular weight excluding hydrogens is 380 g/mol. The summed E-state index contributed by atoms with van der Waals surface area (Å²) in [4.78, 5) is 2.33. The van der Waals surface area contributed by atoms with Crippen LogP contribution in [0.15, 0.2) is 42.5 Å². The molecule has 1 fully saturated rings. The molecule has 27 heavy (non-hydrogen) atoms. The third kappa shape index (κ3) is 4.61. The molecule has 2 aromatic carbocycles. The predicted octanol–water partition coefficient (Wildman–Crippen LogP) is 4.84. The zero-order chi connectivity index (χ0) is 18.6. The van der Waals surface area contributed by atoms with E-state index < -0.39 is 0 Å². The number of hydrogen-bond acceptors (Lipinski definition) is 5. The van der Waals surface area contributed by atoms with Crippen LogP contribution in [-0.2, 0) is 0 Å². The smallest absolute Gasteiger partial charge is 0.120 e. The molecule has 0 amide bonds. The molecular formula is C21H23ClN2O2S. The molecule has 0 spiro atoms. The van der Waals surface area contributed by atoms with Crippen molar-refractivity contribution in [3.05, 3.63) is 47.5 Å². The van der Waals surface area contributed by atoms with Crippen molar-refractivity contribution in [2.45, 2.75) is 25.4 Å². The first kappa shape index (κ1) is 18.7. The number of aliphatic hydroxyl groups is 1. The van der Waals surface area contributed by atoms with Gasteiger partial charge in [0.1, 0.15) is 5.75 Å². The van der Waals surface area contributed by atoms with E-state index in [0.29, 0.717) is 6.61 Å². The number of nitrogens with zero attached hydrogens (tertiary/aromatic N) is 2. The minimum atomic E-state index is -0.134. The lowest BCUT2D eigenvalue weighted by Gasteiger charge is -2.14. The Balaban J connectivity index is 1.32. The van der Waals surface area contributed by atoms with Gasteiger partial charge in [-0.2, -0.15) is 4.37 Å². The summed E-state index contributed by atoms with van der Waals surface area (Å²) < 4.78 is 11.7. The quantitative estimate of drug-likeness (QED) is 0.574. The van der Waals surface area contributed by atoms with E-state index >= 15 is 0 Å². The van der Waals surface area contributed by atoms with Gasteiger partial charge in [0.25, 0.3) is 0 Å². The van der Waals surface area contributed by atoms with Crippen molar-refractivity contribution in [1.82, 2.24) is 9.27 Å². The highest BCUT2D eigenvalue weighted by molar-refractivity contribution is 7.13. The third-order valence-corrected chi connectivity index (χ3v) is 6.01. The second kappa shape index (κ2) is 8.57. The van der Waals surface area contributed by atoms with Gasteiger partial charge in [0.05, 0.1) is 23.1 Å². The maximum Gasteiger partial charge on any atom is 0.120 e. The van der Waals surface area contributed by atoms with Gasteiger partial charge in [0.2, 0.25) is 0 Å². The molecule has 1 N–H and O–H groups in total. The van der Waals surface area contributed by atoms with Crippen molar-refractivity contribution in [3.8, 4) is 17.0 Å². The fraction of sp³-hybridized carbons (Fsp3) is 0.381. The van der Waals surface area contributed by atoms with Crippen molar-refractivity contribution >= 4 is 33.2 Å². The molecule has 142 valence electrons. The van der Waals surface area contributed by atoms with Crippen LogP contribution >= 0.6 is 23.1 Å². The molecule has 4 nitrogen and oxygen atoms in total. The fourth-order valence-electron chi connectivity index (χ4n) is 3.47. The molecule has 0 saturated carbocycles. The van der Waals surface area contributed by atoms with Crippen LogP contribution in [0.25, 0.3) is 21.3 Å². The van der Waals surface area contributed by atoms with Crippen LogP contribution < -0.4 is 4.74 Å². The van der Waals surface area contributed by atoms with Gasteiger partial charge in [-0.1, -0.05) is 23.7 Å². The summed E-state index contributed by atoms with van der Waals surface area (Å²) in [7, 11) is 0. The molecule has 0 aliphatic carbocycles. The molecule has 0 bridgehead atoms. The van der Waals surface area contributed by atoms with E-state index in [1.54, 1.807) is 0 Å². The summed E-state index contributed by atoms with van der Waals surface area (Å²) in [5, 5.41) is 11.4. The van der Waals surface area contributed by atoms with Crippen LogP contribution in [0, 0.1) is 0 Å². The van der Waals surface area contributed by atoms with Crippen LogP contribution in [0.3, 0.4) is 0 Å². The molecule has 4 rings (SSSR count). The second-order valence-corrected chi connectivity index (χ2v) is 8.24. The minimum absolute atomic E-state index is 0.134. The lowest BCUT2D eigenvalue weighted by atomic mass is 10.1. The first-order valence-electron chi connectivity index (χ1n) is 9.37. The number of ether oxygens (including phenoxy) is 1. The van der Waals surface area contributed by atoms with Crippen molar-refractivity contribution in [1.29, 1.82) is 0 Å². The van der Waals surface area contributed by atoms with Crippen LogP contribution in [-0.4, -0.2) is 46.7 Å². The Bertz CT molecular complexity index is 897. The van der Waals surface area contributed by atoms with Gasteiger partial charge >= 0.3 is 0 Å². The van der Waals surface area contributed by atoms with E-state index in [2.05, 4.69) is 21.4 Å². The highest BCUT2D eigenvalue weighted by Crippen LogP contribution is 2.33. The monoisotopic (exact) mass is 402 g/mol. The number of rotatable bonds is 7. The van der Waals surface area contributed by atoms with E-state index in [9.17, 15) is 5.11 Å². The molecule has 2 heterocycles. The number of likely N-dealkylation sites (tertiary alicyclic amines) is 1. The number of halogens is 1. The molecule has 0 unspecified atom stereocenters. The average Bonchev–Trinajstić information content (AvgIpc) is 3.28. The van der Waals surface area contributed by atoms with Crippen molar-refractivity contribution in [2.24, 2.45) is 0 Å². The summed E-state index contributed by atoms with van der Waals surface area (Å²) in [5.41, 5.74) is 2.07. The number of aliphatic hydroxyl groups excluding tert-OH is 1. The number of benzene rings is 2. The first-order chi connectivity index (χ1) is 13.2. The highest BCUT2D eigenvalue weighted by Gasteiger charge is 2.19. The fourth-order valence-corrected chi connectivity index (χ4v) is 4.42. The van der Waals surface area contributed by atoms with E-state index in [0.717, 1.165) is 71.0 Å². The van der Waals surface area contributed by atoms with Crippen LogP contribution in [0.2, 0.25) is 5.02 Å². The first-order valence-corrected chi connectivity index (χ1v) is 10.5. The summed E-state index contributed by atoms with van der Waals surface area (Å²) in [6.45, 7) is 3.59. The normalized spacial score (nSPS) is 17.6. The summed E-state index contributed by atoms with van der Waals surface area (Å²) in [6, 6.07) is 14.0. The van der Waals surface area contributed by atoms with Crippen LogP contribution in [0.5, 0.6) is 5.75 Å². The molecule has 1 aliphatic rings. The van der Waals surface area contributed by atoms with Crippen molar-refractivity contribution in [2.75, 3.05) is 26.2 Å². The standard InChI is InChI=1S/C21H23ClN2O2S/c22-16-5-3-15(4-6-16)21-19-8-7-18(13-20(19)27-23-21)26-12-2-1-10-24-11-9-17(25)14-24/h3-8,13,17,25H,1-2,9-12,14H2/t17-/m1/s1.